The molecule has 2 rings (SSSR count). The van der Waals surface area contributed by atoms with Crippen molar-refractivity contribution in [3.8, 4) is 0 Å². The van der Waals surface area contributed by atoms with Crippen LogP contribution in [0.1, 0.15) is 43.8 Å². The fourth-order valence-corrected chi connectivity index (χ4v) is 4.99. The molecule has 1 heterocycles. The average Bonchev–Trinajstić information content (AvgIpc) is 3.10. The number of rotatable bonds is 6. The van der Waals surface area contributed by atoms with Gasteiger partial charge in [-0.25, -0.2) is 8.42 Å². The molecule has 4 nitrogen and oxygen atoms in total. The van der Waals surface area contributed by atoms with Crippen LogP contribution in [0, 0.1) is 19.8 Å². The molecule has 0 aromatic carbocycles. The Morgan fingerprint density at radius 3 is 2.35 bits per heavy atom. The Labute approximate surface area is 126 Å². The van der Waals surface area contributed by atoms with Crippen molar-refractivity contribution in [2.75, 3.05) is 6.54 Å². The summed E-state index contributed by atoms with van der Waals surface area (Å²) in [6, 6.07) is -0.0709. The maximum atomic E-state index is 13.0. The van der Waals surface area contributed by atoms with Crippen molar-refractivity contribution in [1.82, 2.24) is 4.31 Å². The van der Waals surface area contributed by atoms with Crippen molar-refractivity contribution in [2.45, 2.75) is 57.4 Å². The minimum absolute atomic E-state index is 0.0709. The molecule has 0 unspecified atom stereocenters. The van der Waals surface area contributed by atoms with Crippen LogP contribution >= 0.6 is 11.6 Å². The lowest BCUT2D eigenvalue weighted by atomic mass is 10.3. The van der Waals surface area contributed by atoms with Gasteiger partial charge in [-0.2, -0.15) is 4.31 Å². The standard InChI is InChI=1S/C14H22ClNO3S/c1-9(2)16(8-12-5-6-12)20(17,18)14-11(4)19-10(3)13(14)7-15/h9,12H,5-8H2,1-4H3. The van der Waals surface area contributed by atoms with E-state index in [4.69, 9.17) is 16.0 Å². The van der Waals surface area contributed by atoms with E-state index in [1.54, 1.807) is 18.2 Å². The molecule has 0 atom stereocenters. The second kappa shape index (κ2) is 5.70. The van der Waals surface area contributed by atoms with Gasteiger partial charge in [0.2, 0.25) is 10.0 Å². The third kappa shape index (κ3) is 2.90. The van der Waals surface area contributed by atoms with Crippen LogP contribution in [0.25, 0.3) is 0 Å². The molecule has 0 aliphatic heterocycles. The molecule has 6 heteroatoms. The lowest BCUT2D eigenvalue weighted by molar-refractivity contribution is 0.340. The summed E-state index contributed by atoms with van der Waals surface area (Å²) in [6.07, 6.45) is 2.23. The van der Waals surface area contributed by atoms with Gasteiger partial charge in [-0.1, -0.05) is 0 Å². The summed E-state index contributed by atoms with van der Waals surface area (Å²) in [6.45, 7) is 7.84. The first-order chi connectivity index (χ1) is 9.28. The SMILES string of the molecule is Cc1oc(C)c(S(=O)(=O)N(CC2CC2)C(C)C)c1CCl. The topological polar surface area (TPSA) is 50.5 Å². The predicted octanol–water partition coefficient (Wildman–Crippen LogP) is 3.44. The van der Waals surface area contributed by atoms with Crippen LogP contribution in [-0.4, -0.2) is 25.3 Å². The van der Waals surface area contributed by atoms with Gasteiger partial charge in [0.05, 0.1) is 5.88 Å². The van der Waals surface area contributed by atoms with Gasteiger partial charge in [0, 0.05) is 18.2 Å². The number of nitrogens with zero attached hydrogens (tertiary/aromatic N) is 1. The van der Waals surface area contributed by atoms with Gasteiger partial charge in [-0.15, -0.1) is 11.6 Å². The van der Waals surface area contributed by atoms with Crippen molar-refractivity contribution in [1.29, 1.82) is 0 Å². The van der Waals surface area contributed by atoms with Gasteiger partial charge >= 0.3 is 0 Å². The number of sulfonamides is 1. The van der Waals surface area contributed by atoms with Crippen molar-refractivity contribution in [3.05, 3.63) is 17.1 Å². The van der Waals surface area contributed by atoms with Crippen molar-refractivity contribution < 1.29 is 12.8 Å². The van der Waals surface area contributed by atoms with E-state index in [9.17, 15) is 8.42 Å². The molecule has 0 N–H and O–H groups in total. The molecular formula is C14H22ClNO3S. The normalized spacial score (nSPS) is 16.4. The van der Waals surface area contributed by atoms with Gasteiger partial charge in [0.1, 0.15) is 16.4 Å². The highest BCUT2D eigenvalue weighted by Crippen LogP contribution is 2.35. The zero-order valence-corrected chi connectivity index (χ0v) is 14.0. The summed E-state index contributed by atoms with van der Waals surface area (Å²) in [7, 11) is -3.55. The average molecular weight is 320 g/mol. The van der Waals surface area contributed by atoms with Gasteiger partial charge in [-0.3, -0.25) is 0 Å². The molecule has 0 saturated heterocycles. The number of hydrogen-bond donors (Lipinski definition) is 0. The molecule has 1 aliphatic rings. The van der Waals surface area contributed by atoms with Crippen LogP contribution in [0.15, 0.2) is 9.31 Å². The van der Waals surface area contributed by atoms with E-state index in [-0.39, 0.29) is 16.8 Å². The van der Waals surface area contributed by atoms with Crippen LogP contribution < -0.4 is 0 Å². The first-order valence-corrected chi connectivity index (χ1v) is 8.93. The monoisotopic (exact) mass is 319 g/mol. The molecule has 114 valence electrons. The zero-order valence-electron chi connectivity index (χ0n) is 12.4. The Hall–Kier alpha value is -0.520. The molecule has 0 amide bonds. The molecule has 0 spiro atoms. The van der Waals surface area contributed by atoms with E-state index in [1.165, 1.54) is 0 Å². The van der Waals surface area contributed by atoms with Crippen LogP contribution in [0.4, 0.5) is 0 Å². The lowest BCUT2D eigenvalue weighted by Gasteiger charge is -2.26. The highest BCUT2D eigenvalue weighted by molar-refractivity contribution is 7.89. The number of furan rings is 1. The molecule has 0 bridgehead atoms. The third-order valence-corrected chi connectivity index (χ3v) is 6.24. The first-order valence-electron chi connectivity index (χ1n) is 6.95. The van der Waals surface area contributed by atoms with Crippen molar-refractivity contribution in [2.24, 2.45) is 5.92 Å². The number of aryl methyl sites for hydroxylation is 2. The zero-order chi connectivity index (χ0) is 15.1. The van der Waals surface area contributed by atoms with E-state index < -0.39 is 10.0 Å². The number of halogens is 1. The Morgan fingerprint density at radius 2 is 1.90 bits per heavy atom. The minimum Gasteiger partial charge on any atom is -0.465 e. The molecule has 0 radical (unpaired) electrons. The summed E-state index contributed by atoms with van der Waals surface area (Å²) in [4.78, 5) is 0.263. The van der Waals surface area contributed by atoms with Gasteiger partial charge < -0.3 is 4.42 Å². The van der Waals surface area contributed by atoms with Crippen LogP contribution in [0.2, 0.25) is 0 Å². The number of alkyl halides is 1. The molecule has 20 heavy (non-hydrogen) atoms. The van der Waals surface area contributed by atoms with Gasteiger partial charge in [0.15, 0.2) is 0 Å². The van der Waals surface area contributed by atoms with Crippen LogP contribution in [-0.2, 0) is 15.9 Å². The molecular weight excluding hydrogens is 298 g/mol. The van der Waals surface area contributed by atoms with Crippen molar-refractivity contribution in [3.63, 3.8) is 0 Å². The summed E-state index contributed by atoms with van der Waals surface area (Å²) in [5, 5.41) is 0. The highest BCUT2D eigenvalue weighted by Gasteiger charge is 2.37. The smallest absolute Gasteiger partial charge is 0.247 e. The maximum absolute atomic E-state index is 13.0. The Bertz CT molecular complexity index is 588. The van der Waals surface area contributed by atoms with Crippen LogP contribution in [0.5, 0.6) is 0 Å². The fraction of sp³-hybridized carbons (Fsp3) is 0.714. The van der Waals surface area contributed by atoms with Crippen molar-refractivity contribution >= 4 is 21.6 Å². The van der Waals surface area contributed by atoms with Gasteiger partial charge in [0.25, 0.3) is 0 Å². The largest absolute Gasteiger partial charge is 0.465 e. The molecule has 1 fully saturated rings. The fourth-order valence-electron chi connectivity index (χ4n) is 2.46. The minimum atomic E-state index is -3.55. The molecule has 1 saturated carbocycles. The van der Waals surface area contributed by atoms with E-state index in [1.807, 2.05) is 13.8 Å². The molecule has 1 aliphatic carbocycles. The predicted molar refractivity (Wildman–Crippen MR) is 79.5 cm³/mol. The van der Waals surface area contributed by atoms with Gasteiger partial charge in [-0.05, 0) is 46.5 Å². The molecule has 1 aromatic heterocycles. The first kappa shape index (κ1) is 15.9. The van der Waals surface area contributed by atoms with E-state index in [0.717, 1.165) is 12.8 Å². The summed E-state index contributed by atoms with van der Waals surface area (Å²) in [5.74, 6) is 1.67. The summed E-state index contributed by atoms with van der Waals surface area (Å²) < 4.78 is 33.0. The quantitative estimate of drug-likeness (QED) is 0.755. The van der Waals surface area contributed by atoms with E-state index in [2.05, 4.69) is 0 Å². The molecule has 1 aromatic rings. The third-order valence-electron chi connectivity index (χ3n) is 3.74. The summed E-state index contributed by atoms with van der Waals surface area (Å²) >= 11 is 5.92. The lowest BCUT2D eigenvalue weighted by Crippen LogP contribution is -2.38. The Kier molecular flexibility index (Phi) is 4.52. The van der Waals surface area contributed by atoms with E-state index in [0.29, 0.717) is 29.5 Å². The second-order valence-electron chi connectivity index (χ2n) is 5.77. The summed E-state index contributed by atoms with van der Waals surface area (Å²) in [5.41, 5.74) is 0.589. The number of hydrogen-bond acceptors (Lipinski definition) is 3. The Balaban J connectivity index is 2.46. The highest BCUT2D eigenvalue weighted by atomic mass is 35.5. The Morgan fingerprint density at radius 1 is 1.30 bits per heavy atom. The second-order valence-corrected chi connectivity index (χ2v) is 7.86. The maximum Gasteiger partial charge on any atom is 0.247 e. The van der Waals surface area contributed by atoms with E-state index >= 15 is 0 Å². The van der Waals surface area contributed by atoms with Crippen LogP contribution in [0.3, 0.4) is 0 Å².